The summed E-state index contributed by atoms with van der Waals surface area (Å²) in [5.41, 5.74) is 5.72. The number of hydrogen-bond acceptors (Lipinski definition) is 3. The van der Waals surface area contributed by atoms with Crippen LogP contribution in [0.2, 0.25) is 5.02 Å². The van der Waals surface area contributed by atoms with Gasteiger partial charge >= 0.3 is 0 Å². The van der Waals surface area contributed by atoms with Crippen LogP contribution in [0.5, 0.6) is 0 Å². The molecule has 0 unspecified atom stereocenters. The van der Waals surface area contributed by atoms with Gasteiger partial charge < -0.3 is 11.1 Å². The lowest BCUT2D eigenvalue weighted by Crippen LogP contribution is -2.46. The number of benzene rings is 1. The molecule has 3 N–H and O–H groups in total. The maximum Gasteiger partial charge on any atom is 0.251 e. The largest absolute Gasteiger partial charge is 0.369 e. The highest BCUT2D eigenvalue weighted by atomic mass is 79.9. The van der Waals surface area contributed by atoms with Crippen LogP contribution >= 0.6 is 27.5 Å². The second-order valence-electron chi connectivity index (χ2n) is 5.12. The summed E-state index contributed by atoms with van der Waals surface area (Å²) in [7, 11) is 0. The van der Waals surface area contributed by atoms with E-state index in [9.17, 15) is 9.59 Å². The quantitative estimate of drug-likeness (QED) is 0.843. The van der Waals surface area contributed by atoms with E-state index in [1.54, 1.807) is 18.2 Å². The minimum atomic E-state index is -0.318. The summed E-state index contributed by atoms with van der Waals surface area (Å²) >= 11 is 9.29. The number of rotatable bonds is 4. The van der Waals surface area contributed by atoms with Gasteiger partial charge in [-0.1, -0.05) is 11.6 Å². The van der Waals surface area contributed by atoms with Crippen molar-refractivity contribution in [2.24, 2.45) is 5.73 Å². The van der Waals surface area contributed by atoms with Crippen LogP contribution in [-0.4, -0.2) is 42.4 Å². The first-order valence-electron chi connectivity index (χ1n) is 6.72. The second-order valence-corrected chi connectivity index (χ2v) is 6.38. The van der Waals surface area contributed by atoms with Gasteiger partial charge in [-0.05, 0) is 47.0 Å². The molecule has 5 nitrogen and oxygen atoms in total. The van der Waals surface area contributed by atoms with Gasteiger partial charge in [0.1, 0.15) is 0 Å². The van der Waals surface area contributed by atoms with Crippen molar-refractivity contribution in [2.75, 3.05) is 19.6 Å². The molecule has 21 heavy (non-hydrogen) atoms. The number of primary amides is 1. The number of nitrogens with two attached hydrogens (primary N) is 1. The number of carbonyl (C=O) groups excluding carboxylic acids is 2. The van der Waals surface area contributed by atoms with Gasteiger partial charge in [0.05, 0.1) is 11.6 Å². The molecule has 1 aliphatic heterocycles. The van der Waals surface area contributed by atoms with Crippen molar-refractivity contribution in [3.05, 3.63) is 33.3 Å². The van der Waals surface area contributed by atoms with Crippen LogP contribution < -0.4 is 11.1 Å². The van der Waals surface area contributed by atoms with E-state index >= 15 is 0 Å². The minimum Gasteiger partial charge on any atom is -0.369 e. The van der Waals surface area contributed by atoms with E-state index in [2.05, 4.69) is 21.2 Å². The summed E-state index contributed by atoms with van der Waals surface area (Å²) in [5.74, 6) is -0.445. The first kappa shape index (κ1) is 16.3. The fraction of sp³-hybridized carbons (Fsp3) is 0.429. The van der Waals surface area contributed by atoms with Crippen molar-refractivity contribution in [3.63, 3.8) is 0 Å². The van der Waals surface area contributed by atoms with Crippen molar-refractivity contribution in [1.29, 1.82) is 0 Å². The molecule has 1 aromatic carbocycles. The third kappa shape index (κ3) is 4.69. The Hall–Kier alpha value is -1.11. The predicted molar refractivity (Wildman–Crippen MR) is 85.3 cm³/mol. The zero-order chi connectivity index (χ0) is 15.4. The van der Waals surface area contributed by atoms with Crippen molar-refractivity contribution < 1.29 is 9.59 Å². The molecule has 0 spiro atoms. The van der Waals surface area contributed by atoms with E-state index in [1.165, 1.54) is 0 Å². The number of nitrogens with zero attached hydrogens (tertiary/aromatic N) is 1. The molecular weight excluding hydrogens is 358 g/mol. The molecule has 1 aliphatic rings. The van der Waals surface area contributed by atoms with Gasteiger partial charge in [0.2, 0.25) is 5.91 Å². The molecule has 0 aliphatic carbocycles. The molecule has 7 heteroatoms. The number of amides is 2. The average Bonchev–Trinajstić information content (AvgIpc) is 2.43. The Balaban J connectivity index is 1.86. The van der Waals surface area contributed by atoms with E-state index < -0.39 is 0 Å². The van der Waals surface area contributed by atoms with Crippen LogP contribution in [0.25, 0.3) is 0 Å². The van der Waals surface area contributed by atoms with Crippen LogP contribution in [-0.2, 0) is 4.79 Å². The van der Waals surface area contributed by atoms with Crippen LogP contribution in [0.3, 0.4) is 0 Å². The van der Waals surface area contributed by atoms with Gasteiger partial charge in [-0.2, -0.15) is 0 Å². The lowest BCUT2D eigenvalue weighted by molar-refractivity contribution is -0.119. The Morgan fingerprint density at radius 2 is 2.05 bits per heavy atom. The Kier molecular flexibility index (Phi) is 5.61. The zero-order valence-corrected chi connectivity index (χ0v) is 13.8. The Bertz CT molecular complexity index is 545. The molecule has 114 valence electrons. The van der Waals surface area contributed by atoms with Gasteiger partial charge in [0, 0.05) is 29.2 Å². The topological polar surface area (TPSA) is 75.4 Å². The van der Waals surface area contributed by atoms with Crippen molar-refractivity contribution in [2.45, 2.75) is 18.9 Å². The summed E-state index contributed by atoms with van der Waals surface area (Å²) in [6.45, 7) is 1.80. The highest BCUT2D eigenvalue weighted by molar-refractivity contribution is 9.10. The Labute approximate surface area is 136 Å². The second kappa shape index (κ2) is 7.24. The van der Waals surface area contributed by atoms with E-state index in [1.807, 2.05) is 4.90 Å². The first-order valence-corrected chi connectivity index (χ1v) is 7.89. The average molecular weight is 375 g/mol. The third-order valence-corrected chi connectivity index (χ3v) is 4.72. The monoisotopic (exact) mass is 373 g/mol. The number of piperidine rings is 1. The minimum absolute atomic E-state index is 0.115. The molecule has 1 saturated heterocycles. The fourth-order valence-electron chi connectivity index (χ4n) is 2.36. The summed E-state index contributed by atoms with van der Waals surface area (Å²) < 4.78 is 0.764. The van der Waals surface area contributed by atoms with E-state index in [0.29, 0.717) is 10.6 Å². The normalized spacial score (nSPS) is 16.7. The number of hydrogen-bond donors (Lipinski definition) is 2. The molecule has 0 saturated carbocycles. The molecule has 1 fully saturated rings. The van der Waals surface area contributed by atoms with Crippen LogP contribution in [0.4, 0.5) is 0 Å². The van der Waals surface area contributed by atoms with Crippen LogP contribution in [0, 0.1) is 0 Å². The first-order chi connectivity index (χ1) is 9.95. The van der Waals surface area contributed by atoms with Crippen molar-refractivity contribution >= 4 is 39.3 Å². The molecule has 2 rings (SSSR count). The molecule has 2 amide bonds. The van der Waals surface area contributed by atoms with E-state index in [0.717, 1.165) is 30.4 Å². The molecular formula is C14H17BrClN3O2. The van der Waals surface area contributed by atoms with E-state index in [4.69, 9.17) is 17.3 Å². The standard InChI is InChI=1S/C14H17BrClN3O2/c15-11-2-1-9(7-12(11)16)14(21)18-10-3-5-19(6-4-10)8-13(17)20/h1-2,7,10H,3-6,8H2,(H2,17,20)(H,18,21). The highest BCUT2D eigenvalue weighted by Crippen LogP contribution is 2.23. The lowest BCUT2D eigenvalue weighted by Gasteiger charge is -2.31. The molecule has 0 radical (unpaired) electrons. The summed E-state index contributed by atoms with van der Waals surface area (Å²) in [6.07, 6.45) is 1.62. The number of nitrogens with one attached hydrogen (secondary N) is 1. The predicted octanol–water partition coefficient (Wildman–Crippen LogP) is 1.78. The number of carbonyl (C=O) groups is 2. The molecule has 1 aromatic rings. The maximum atomic E-state index is 12.2. The molecule has 0 bridgehead atoms. The van der Waals surface area contributed by atoms with Crippen molar-refractivity contribution in [3.8, 4) is 0 Å². The lowest BCUT2D eigenvalue weighted by atomic mass is 10.0. The third-order valence-electron chi connectivity index (χ3n) is 3.48. The zero-order valence-electron chi connectivity index (χ0n) is 11.4. The van der Waals surface area contributed by atoms with Crippen molar-refractivity contribution in [1.82, 2.24) is 10.2 Å². The maximum absolute atomic E-state index is 12.2. The highest BCUT2D eigenvalue weighted by Gasteiger charge is 2.22. The number of halogens is 2. The Morgan fingerprint density at radius 1 is 1.38 bits per heavy atom. The molecule has 0 atom stereocenters. The van der Waals surface area contributed by atoms with Gasteiger partial charge in [0.25, 0.3) is 5.91 Å². The summed E-state index contributed by atoms with van der Waals surface area (Å²) in [6, 6.07) is 5.24. The van der Waals surface area contributed by atoms with E-state index in [-0.39, 0.29) is 24.4 Å². The SMILES string of the molecule is NC(=O)CN1CCC(NC(=O)c2ccc(Br)c(Cl)c2)CC1. The smallest absolute Gasteiger partial charge is 0.251 e. The van der Waals surface area contributed by atoms with Gasteiger partial charge in [0.15, 0.2) is 0 Å². The summed E-state index contributed by atoms with van der Waals surface area (Å²) in [5, 5.41) is 3.51. The van der Waals surface area contributed by atoms with Crippen LogP contribution in [0.1, 0.15) is 23.2 Å². The summed E-state index contributed by atoms with van der Waals surface area (Å²) in [4.78, 5) is 25.0. The Morgan fingerprint density at radius 3 is 2.62 bits per heavy atom. The van der Waals surface area contributed by atoms with Gasteiger partial charge in [-0.15, -0.1) is 0 Å². The van der Waals surface area contributed by atoms with Crippen LogP contribution in [0.15, 0.2) is 22.7 Å². The fourth-order valence-corrected chi connectivity index (χ4v) is 2.79. The van der Waals surface area contributed by atoms with Gasteiger partial charge in [-0.3, -0.25) is 14.5 Å². The van der Waals surface area contributed by atoms with Gasteiger partial charge in [-0.25, -0.2) is 0 Å². The molecule has 1 heterocycles. The molecule has 0 aromatic heterocycles. The number of likely N-dealkylation sites (tertiary alicyclic amines) is 1.